The van der Waals surface area contributed by atoms with Crippen LogP contribution >= 0.6 is 11.6 Å². The lowest BCUT2D eigenvalue weighted by Gasteiger charge is -2.18. The number of nitrogens with one attached hydrogen (secondary N) is 1. The number of hydrogen-bond donors (Lipinski definition) is 1. The average molecular weight is 368 g/mol. The molecule has 1 N–H and O–H groups in total. The van der Waals surface area contributed by atoms with Crippen molar-refractivity contribution < 1.29 is 0 Å². The average Bonchev–Trinajstić information content (AvgIpc) is 2.66. The number of nitrogens with zero attached hydrogens (tertiary/aromatic N) is 4. The van der Waals surface area contributed by atoms with Crippen molar-refractivity contribution in [2.24, 2.45) is 0 Å². The van der Waals surface area contributed by atoms with E-state index in [1.165, 1.54) is 5.56 Å². The SMILES string of the molecule is Cc1cc(NCc2ccc(Cl)cc2)nc(N(C)CCc2ccncc2)n1. The van der Waals surface area contributed by atoms with E-state index in [4.69, 9.17) is 11.6 Å². The second-order valence-electron chi connectivity index (χ2n) is 6.20. The summed E-state index contributed by atoms with van der Waals surface area (Å²) in [6.07, 6.45) is 4.55. The Labute approximate surface area is 159 Å². The van der Waals surface area contributed by atoms with E-state index in [1.807, 2.05) is 68.8 Å². The first-order chi connectivity index (χ1) is 12.6. The molecule has 0 spiro atoms. The topological polar surface area (TPSA) is 53.9 Å². The molecule has 3 rings (SSSR count). The molecule has 0 aliphatic rings. The summed E-state index contributed by atoms with van der Waals surface area (Å²) in [4.78, 5) is 15.3. The van der Waals surface area contributed by atoms with Gasteiger partial charge in [-0.1, -0.05) is 23.7 Å². The van der Waals surface area contributed by atoms with Crippen molar-refractivity contribution in [2.75, 3.05) is 23.8 Å². The molecular formula is C20H22ClN5. The van der Waals surface area contributed by atoms with E-state index < -0.39 is 0 Å². The van der Waals surface area contributed by atoms with Gasteiger partial charge in [-0.2, -0.15) is 4.98 Å². The molecular weight excluding hydrogens is 346 g/mol. The molecule has 0 amide bonds. The second-order valence-corrected chi connectivity index (χ2v) is 6.64. The lowest BCUT2D eigenvalue weighted by Crippen LogP contribution is -2.23. The number of rotatable bonds is 7. The van der Waals surface area contributed by atoms with Crippen molar-refractivity contribution in [3.63, 3.8) is 0 Å². The van der Waals surface area contributed by atoms with E-state index in [1.54, 1.807) is 0 Å². The summed E-state index contributed by atoms with van der Waals surface area (Å²) in [5.41, 5.74) is 3.34. The van der Waals surface area contributed by atoms with Crippen molar-refractivity contribution in [2.45, 2.75) is 19.9 Å². The zero-order valence-electron chi connectivity index (χ0n) is 15.0. The highest BCUT2D eigenvalue weighted by Gasteiger charge is 2.08. The van der Waals surface area contributed by atoms with Gasteiger partial charge < -0.3 is 10.2 Å². The lowest BCUT2D eigenvalue weighted by molar-refractivity contribution is 0.831. The molecule has 0 aliphatic carbocycles. The van der Waals surface area contributed by atoms with Gasteiger partial charge >= 0.3 is 0 Å². The third kappa shape index (κ3) is 5.17. The molecule has 0 bridgehead atoms. The largest absolute Gasteiger partial charge is 0.366 e. The van der Waals surface area contributed by atoms with Gasteiger partial charge in [-0.3, -0.25) is 4.98 Å². The Balaban J connectivity index is 1.63. The van der Waals surface area contributed by atoms with Gasteiger partial charge in [0, 0.05) is 49.3 Å². The molecule has 3 aromatic rings. The van der Waals surface area contributed by atoms with Crippen LogP contribution in [0.25, 0.3) is 0 Å². The highest BCUT2D eigenvalue weighted by molar-refractivity contribution is 6.30. The summed E-state index contributed by atoms with van der Waals surface area (Å²) in [6, 6.07) is 13.8. The zero-order chi connectivity index (χ0) is 18.4. The molecule has 0 radical (unpaired) electrons. The van der Waals surface area contributed by atoms with E-state index in [2.05, 4.69) is 25.2 Å². The van der Waals surface area contributed by atoms with E-state index in [0.29, 0.717) is 6.54 Å². The Morgan fingerprint density at radius 2 is 1.73 bits per heavy atom. The standard InChI is InChI=1S/C20H22ClN5/c1-15-13-19(23-14-17-3-5-18(21)6-4-17)25-20(24-15)26(2)12-9-16-7-10-22-11-8-16/h3-8,10-11,13H,9,12,14H2,1-2H3,(H,23,24,25). The van der Waals surface area contributed by atoms with Crippen molar-refractivity contribution in [3.05, 3.63) is 76.7 Å². The van der Waals surface area contributed by atoms with Gasteiger partial charge in [0.05, 0.1) is 0 Å². The molecule has 134 valence electrons. The Hall–Kier alpha value is -2.66. The number of aryl methyl sites for hydroxylation is 1. The zero-order valence-corrected chi connectivity index (χ0v) is 15.7. The number of pyridine rings is 1. The number of likely N-dealkylation sites (N-methyl/N-ethyl adjacent to an activating group) is 1. The van der Waals surface area contributed by atoms with E-state index >= 15 is 0 Å². The quantitative estimate of drug-likeness (QED) is 0.680. The van der Waals surface area contributed by atoms with Crippen LogP contribution in [0.2, 0.25) is 5.02 Å². The van der Waals surface area contributed by atoms with Gasteiger partial charge in [0.15, 0.2) is 0 Å². The molecule has 0 saturated heterocycles. The Bertz CT molecular complexity index is 837. The molecule has 0 unspecified atom stereocenters. The summed E-state index contributed by atoms with van der Waals surface area (Å²) in [5.74, 6) is 1.54. The lowest BCUT2D eigenvalue weighted by atomic mass is 10.2. The van der Waals surface area contributed by atoms with Gasteiger partial charge in [-0.15, -0.1) is 0 Å². The number of hydrogen-bond acceptors (Lipinski definition) is 5. The highest BCUT2D eigenvalue weighted by Crippen LogP contribution is 2.15. The Morgan fingerprint density at radius 1 is 1.00 bits per heavy atom. The first-order valence-corrected chi connectivity index (χ1v) is 8.92. The fourth-order valence-corrected chi connectivity index (χ4v) is 2.68. The maximum atomic E-state index is 5.93. The minimum atomic E-state index is 0.688. The van der Waals surface area contributed by atoms with Crippen LogP contribution in [0.15, 0.2) is 54.9 Å². The molecule has 6 heteroatoms. The Morgan fingerprint density at radius 3 is 2.46 bits per heavy atom. The molecule has 0 fully saturated rings. The first kappa shape index (κ1) is 18.1. The maximum Gasteiger partial charge on any atom is 0.227 e. The van der Waals surface area contributed by atoms with Crippen LogP contribution in [0, 0.1) is 6.92 Å². The smallest absolute Gasteiger partial charge is 0.227 e. The monoisotopic (exact) mass is 367 g/mol. The molecule has 2 heterocycles. The predicted molar refractivity (Wildman–Crippen MR) is 107 cm³/mol. The molecule has 26 heavy (non-hydrogen) atoms. The third-order valence-corrected chi connectivity index (χ3v) is 4.31. The molecule has 0 aliphatic heterocycles. The van der Waals surface area contributed by atoms with Crippen LogP contribution in [-0.2, 0) is 13.0 Å². The van der Waals surface area contributed by atoms with Gasteiger partial charge in [0.25, 0.3) is 0 Å². The minimum Gasteiger partial charge on any atom is -0.366 e. The number of aromatic nitrogens is 3. The van der Waals surface area contributed by atoms with Crippen LogP contribution in [0.4, 0.5) is 11.8 Å². The molecule has 0 saturated carbocycles. The van der Waals surface area contributed by atoms with Crippen LogP contribution in [-0.4, -0.2) is 28.5 Å². The van der Waals surface area contributed by atoms with Crippen LogP contribution < -0.4 is 10.2 Å². The number of benzene rings is 1. The summed E-state index contributed by atoms with van der Waals surface area (Å²) in [7, 11) is 2.01. The normalized spacial score (nSPS) is 10.6. The van der Waals surface area contributed by atoms with Gasteiger partial charge in [0.1, 0.15) is 5.82 Å². The fraction of sp³-hybridized carbons (Fsp3) is 0.250. The summed E-state index contributed by atoms with van der Waals surface area (Å²) < 4.78 is 0. The van der Waals surface area contributed by atoms with Crippen molar-refractivity contribution in [3.8, 4) is 0 Å². The van der Waals surface area contributed by atoms with Crippen LogP contribution in [0.3, 0.4) is 0 Å². The van der Waals surface area contributed by atoms with Crippen molar-refractivity contribution >= 4 is 23.4 Å². The predicted octanol–water partition coefficient (Wildman–Crippen LogP) is 4.12. The molecule has 0 atom stereocenters. The number of halogens is 1. The van der Waals surface area contributed by atoms with Crippen LogP contribution in [0.1, 0.15) is 16.8 Å². The highest BCUT2D eigenvalue weighted by atomic mass is 35.5. The first-order valence-electron chi connectivity index (χ1n) is 8.54. The van der Waals surface area contributed by atoms with E-state index in [-0.39, 0.29) is 0 Å². The van der Waals surface area contributed by atoms with Crippen molar-refractivity contribution in [1.82, 2.24) is 15.0 Å². The van der Waals surface area contributed by atoms with Gasteiger partial charge in [0.2, 0.25) is 5.95 Å². The van der Waals surface area contributed by atoms with E-state index in [9.17, 15) is 0 Å². The third-order valence-electron chi connectivity index (χ3n) is 4.06. The Kier molecular flexibility index (Phi) is 6.02. The van der Waals surface area contributed by atoms with Gasteiger partial charge in [-0.05, 0) is 48.7 Å². The van der Waals surface area contributed by atoms with Gasteiger partial charge in [-0.25, -0.2) is 4.98 Å². The second kappa shape index (κ2) is 8.63. The van der Waals surface area contributed by atoms with Crippen LogP contribution in [0.5, 0.6) is 0 Å². The van der Waals surface area contributed by atoms with E-state index in [0.717, 1.165) is 41.0 Å². The minimum absolute atomic E-state index is 0.688. The molecule has 2 aromatic heterocycles. The summed E-state index contributed by atoms with van der Waals surface area (Å²) in [5, 5.41) is 4.10. The number of anilines is 2. The maximum absolute atomic E-state index is 5.93. The molecule has 5 nitrogen and oxygen atoms in total. The summed E-state index contributed by atoms with van der Waals surface area (Å²) >= 11 is 5.93. The summed E-state index contributed by atoms with van der Waals surface area (Å²) in [6.45, 7) is 3.51. The van der Waals surface area contributed by atoms with Crippen molar-refractivity contribution in [1.29, 1.82) is 0 Å². The molecule has 1 aromatic carbocycles. The fourth-order valence-electron chi connectivity index (χ4n) is 2.56.